The molecule has 2 aliphatic heterocycles. The largest absolute Gasteiger partial charge is 0.460 e. The molecule has 0 aromatic rings. The molecule has 0 aromatic carbocycles. The van der Waals surface area contributed by atoms with E-state index in [1.54, 1.807) is 7.05 Å². The number of halogens is 1. The van der Waals surface area contributed by atoms with Crippen molar-refractivity contribution in [3.05, 3.63) is 0 Å². The number of rotatable bonds is 3. The van der Waals surface area contributed by atoms with Crippen molar-refractivity contribution >= 4 is 41.8 Å². The van der Waals surface area contributed by atoms with Gasteiger partial charge in [0.05, 0.1) is 12.5 Å². The topological polar surface area (TPSA) is 74.2 Å². The number of aliphatic imine (C=N–C) groups is 1. The molecule has 2 rings (SSSR count). The van der Waals surface area contributed by atoms with Crippen LogP contribution >= 0.6 is 24.0 Å². The Morgan fingerprint density at radius 2 is 1.77 bits per heavy atom. The summed E-state index contributed by atoms with van der Waals surface area (Å²) in [6.07, 6.45) is 4.13. The van der Waals surface area contributed by atoms with E-state index in [0.717, 1.165) is 38.9 Å². The number of piperidine rings is 1. The number of esters is 1. The Morgan fingerprint density at radius 3 is 2.35 bits per heavy atom. The second-order valence-corrected chi connectivity index (χ2v) is 7.81. The number of likely N-dealkylation sites (tertiary alicyclic amines) is 2. The molecule has 2 fully saturated rings. The first-order valence-electron chi connectivity index (χ1n) is 9.26. The van der Waals surface area contributed by atoms with Crippen LogP contribution in [0.2, 0.25) is 0 Å². The average molecular weight is 480 g/mol. The maximum Gasteiger partial charge on any atom is 0.311 e. The third kappa shape index (κ3) is 6.92. The van der Waals surface area contributed by atoms with Gasteiger partial charge in [0.1, 0.15) is 5.60 Å². The number of ether oxygens (including phenoxy) is 1. The van der Waals surface area contributed by atoms with E-state index >= 15 is 0 Å². The molecular weight excluding hydrogens is 447 g/mol. The molecule has 7 nitrogen and oxygen atoms in total. The van der Waals surface area contributed by atoms with Crippen molar-refractivity contribution in [2.75, 3.05) is 39.8 Å². The van der Waals surface area contributed by atoms with Crippen LogP contribution in [0.15, 0.2) is 4.99 Å². The van der Waals surface area contributed by atoms with Crippen LogP contribution < -0.4 is 5.32 Å². The molecule has 0 bridgehead atoms. The molecule has 0 radical (unpaired) electrons. The van der Waals surface area contributed by atoms with Gasteiger partial charge in [0.2, 0.25) is 5.91 Å². The van der Waals surface area contributed by atoms with Crippen LogP contribution in [0.1, 0.15) is 46.5 Å². The molecule has 1 amide bonds. The molecule has 0 aromatic heterocycles. The Labute approximate surface area is 173 Å². The summed E-state index contributed by atoms with van der Waals surface area (Å²) in [4.78, 5) is 32.7. The number of hydrogen-bond donors (Lipinski definition) is 1. The summed E-state index contributed by atoms with van der Waals surface area (Å²) in [7, 11) is 1.70. The van der Waals surface area contributed by atoms with Crippen molar-refractivity contribution in [1.82, 2.24) is 15.1 Å². The fourth-order valence-corrected chi connectivity index (χ4v) is 3.27. The molecule has 1 atom stereocenters. The van der Waals surface area contributed by atoms with Crippen LogP contribution in [0.4, 0.5) is 0 Å². The van der Waals surface area contributed by atoms with Crippen LogP contribution in [0.5, 0.6) is 0 Å². The zero-order valence-corrected chi connectivity index (χ0v) is 18.7. The van der Waals surface area contributed by atoms with E-state index in [0.29, 0.717) is 12.5 Å². The highest BCUT2D eigenvalue weighted by molar-refractivity contribution is 14.0. The van der Waals surface area contributed by atoms with Crippen molar-refractivity contribution in [1.29, 1.82) is 0 Å². The molecule has 26 heavy (non-hydrogen) atoms. The lowest BCUT2D eigenvalue weighted by atomic mass is 10.1. The summed E-state index contributed by atoms with van der Waals surface area (Å²) < 4.78 is 5.47. The number of carbonyl (C=O) groups is 2. The Hall–Kier alpha value is -1.06. The first-order valence-corrected chi connectivity index (χ1v) is 9.26. The van der Waals surface area contributed by atoms with E-state index in [4.69, 9.17) is 4.74 Å². The van der Waals surface area contributed by atoms with Gasteiger partial charge < -0.3 is 19.9 Å². The highest BCUT2D eigenvalue weighted by atomic mass is 127. The molecule has 0 spiro atoms. The Morgan fingerprint density at radius 1 is 1.12 bits per heavy atom. The minimum Gasteiger partial charge on any atom is -0.460 e. The first-order chi connectivity index (χ1) is 11.8. The van der Waals surface area contributed by atoms with Crippen LogP contribution in [-0.2, 0) is 14.3 Å². The van der Waals surface area contributed by atoms with E-state index in [-0.39, 0.29) is 48.3 Å². The summed E-state index contributed by atoms with van der Waals surface area (Å²) in [6, 6.07) is 0. The van der Waals surface area contributed by atoms with Gasteiger partial charge in [0, 0.05) is 33.2 Å². The van der Waals surface area contributed by atoms with Crippen molar-refractivity contribution < 1.29 is 14.3 Å². The Kier molecular flexibility index (Phi) is 9.12. The fourth-order valence-electron chi connectivity index (χ4n) is 3.27. The van der Waals surface area contributed by atoms with E-state index < -0.39 is 5.60 Å². The minimum absolute atomic E-state index is 0. The van der Waals surface area contributed by atoms with Crippen LogP contribution in [0, 0.1) is 5.92 Å². The van der Waals surface area contributed by atoms with Crippen molar-refractivity contribution in [3.8, 4) is 0 Å². The van der Waals surface area contributed by atoms with E-state index in [2.05, 4.69) is 10.3 Å². The number of hydrogen-bond acceptors (Lipinski definition) is 4. The standard InChI is InChI=1S/C18H32N4O3.HI/c1-18(2,3)25-16(24)14-8-11-22(13-14)17(19-4)20-12-15(23)21-9-6-5-7-10-21;/h14H,5-13H2,1-4H3,(H,19,20);1H. The molecule has 150 valence electrons. The SMILES string of the molecule is CN=C(NCC(=O)N1CCCCC1)N1CCC(C(=O)OC(C)(C)C)C1.I. The molecule has 2 saturated heterocycles. The van der Waals surface area contributed by atoms with Gasteiger partial charge in [0.25, 0.3) is 0 Å². The van der Waals surface area contributed by atoms with E-state index in [9.17, 15) is 9.59 Å². The van der Waals surface area contributed by atoms with Gasteiger partial charge in [0.15, 0.2) is 5.96 Å². The number of nitrogens with one attached hydrogen (secondary N) is 1. The average Bonchev–Trinajstić information content (AvgIpc) is 3.04. The van der Waals surface area contributed by atoms with Gasteiger partial charge in [-0.05, 0) is 46.5 Å². The number of carbonyl (C=O) groups excluding carboxylic acids is 2. The predicted octanol–water partition coefficient (Wildman–Crippen LogP) is 1.86. The van der Waals surface area contributed by atoms with Gasteiger partial charge in [-0.3, -0.25) is 14.6 Å². The van der Waals surface area contributed by atoms with Gasteiger partial charge in [-0.1, -0.05) is 0 Å². The lowest BCUT2D eigenvalue weighted by Crippen LogP contribution is -2.47. The minimum atomic E-state index is -0.467. The smallest absolute Gasteiger partial charge is 0.311 e. The molecular formula is C18H33IN4O3. The van der Waals surface area contributed by atoms with E-state index in [1.165, 1.54) is 6.42 Å². The zero-order valence-electron chi connectivity index (χ0n) is 16.4. The lowest BCUT2D eigenvalue weighted by molar-refractivity contribution is -0.159. The summed E-state index contributed by atoms with van der Waals surface area (Å²) in [5, 5.41) is 3.15. The summed E-state index contributed by atoms with van der Waals surface area (Å²) in [5.41, 5.74) is -0.467. The maximum atomic E-state index is 12.3. The summed E-state index contributed by atoms with van der Waals surface area (Å²) in [6.45, 7) is 8.90. The normalized spacial score (nSPS) is 21.2. The van der Waals surface area contributed by atoms with Crippen LogP contribution in [-0.4, -0.2) is 73.0 Å². The quantitative estimate of drug-likeness (QED) is 0.289. The molecule has 2 heterocycles. The van der Waals surface area contributed by atoms with Gasteiger partial charge in [-0.15, -0.1) is 24.0 Å². The number of guanidine groups is 1. The number of nitrogens with zero attached hydrogens (tertiary/aromatic N) is 3. The molecule has 2 aliphatic rings. The Bertz CT molecular complexity index is 513. The predicted molar refractivity (Wildman–Crippen MR) is 113 cm³/mol. The maximum absolute atomic E-state index is 12.3. The van der Waals surface area contributed by atoms with Crippen LogP contribution in [0.3, 0.4) is 0 Å². The monoisotopic (exact) mass is 480 g/mol. The van der Waals surface area contributed by atoms with Crippen molar-refractivity contribution in [3.63, 3.8) is 0 Å². The highest BCUT2D eigenvalue weighted by Crippen LogP contribution is 2.20. The lowest BCUT2D eigenvalue weighted by Gasteiger charge is -2.28. The number of amides is 1. The molecule has 1 N–H and O–H groups in total. The Balaban J connectivity index is 0.00000338. The van der Waals surface area contributed by atoms with E-state index in [1.807, 2.05) is 30.6 Å². The van der Waals surface area contributed by atoms with Crippen LogP contribution in [0.25, 0.3) is 0 Å². The van der Waals surface area contributed by atoms with Gasteiger partial charge >= 0.3 is 5.97 Å². The second-order valence-electron chi connectivity index (χ2n) is 7.81. The second kappa shape index (κ2) is 10.3. The van der Waals surface area contributed by atoms with Gasteiger partial charge in [-0.2, -0.15) is 0 Å². The molecule has 0 saturated carbocycles. The summed E-state index contributed by atoms with van der Waals surface area (Å²) >= 11 is 0. The highest BCUT2D eigenvalue weighted by Gasteiger charge is 2.33. The molecule has 0 aliphatic carbocycles. The molecule has 1 unspecified atom stereocenters. The van der Waals surface area contributed by atoms with Gasteiger partial charge in [-0.25, -0.2) is 0 Å². The summed E-state index contributed by atoms with van der Waals surface area (Å²) in [5.74, 6) is 0.491. The zero-order chi connectivity index (χ0) is 18.4. The fraction of sp³-hybridized carbons (Fsp3) is 0.833. The first kappa shape index (κ1) is 23.0. The van der Waals surface area contributed by atoms with Crippen molar-refractivity contribution in [2.45, 2.75) is 52.1 Å². The third-order valence-corrected chi connectivity index (χ3v) is 4.55. The van der Waals surface area contributed by atoms with Crippen molar-refractivity contribution in [2.24, 2.45) is 10.9 Å². The third-order valence-electron chi connectivity index (χ3n) is 4.55. The molecule has 8 heteroatoms.